The Kier molecular flexibility index (Phi) is 4.33. The Morgan fingerprint density at radius 2 is 1.73 bits per heavy atom. The largest absolute Gasteiger partial charge is 0.386 e. The molecule has 2 aromatic carbocycles. The van der Waals surface area contributed by atoms with Crippen molar-refractivity contribution in [1.82, 2.24) is 5.32 Å². The van der Waals surface area contributed by atoms with E-state index >= 15 is 0 Å². The van der Waals surface area contributed by atoms with Crippen LogP contribution < -0.4 is 16.0 Å². The maximum Gasteiger partial charge on any atom is 0.0923 e. The van der Waals surface area contributed by atoms with Gasteiger partial charge in [-0.1, -0.05) is 42.5 Å². The summed E-state index contributed by atoms with van der Waals surface area (Å²) in [5, 5.41) is 3.19. The second-order valence-electron chi connectivity index (χ2n) is 5.71. The summed E-state index contributed by atoms with van der Waals surface area (Å²) >= 11 is 0. The van der Waals surface area contributed by atoms with Crippen molar-refractivity contribution in [3.05, 3.63) is 66.5 Å². The van der Waals surface area contributed by atoms with Crippen molar-refractivity contribution < 1.29 is 0 Å². The molecule has 2 aromatic rings. The van der Waals surface area contributed by atoms with Crippen LogP contribution in [0.2, 0.25) is 0 Å². The summed E-state index contributed by atoms with van der Waals surface area (Å²) in [6.45, 7) is 5.12. The van der Waals surface area contributed by atoms with E-state index in [2.05, 4.69) is 71.7 Å². The molecule has 0 unspecified atom stereocenters. The van der Waals surface area contributed by atoms with Crippen molar-refractivity contribution in [1.29, 1.82) is 0 Å². The molecule has 3 N–H and O–H groups in total. The Morgan fingerprint density at radius 1 is 1.05 bits per heavy atom. The molecule has 0 saturated carbocycles. The molecule has 0 radical (unpaired) electrons. The van der Waals surface area contributed by atoms with Crippen molar-refractivity contribution >= 4 is 5.69 Å². The third-order valence-corrected chi connectivity index (χ3v) is 4.16. The normalized spacial score (nSPS) is 17.0. The minimum atomic E-state index is 0.480. The van der Waals surface area contributed by atoms with Crippen LogP contribution in [0.25, 0.3) is 11.1 Å². The first-order valence-corrected chi connectivity index (χ1v) is 7.88. The van der Waals surface area contributed by atoms with Crippen LogP contribution in [0.1, 0.15) is 6.92 Å². The van der Waals surface area contributed by atoms with E-state index in [9.17, 15) is 0 Å². The minimum absolute atomic E-state index is 0.480. The van der Waals surface area contributed by atoms with Gasteiger partial charge in [-0.05, 0) is 36.3 Å². The molecule has 0 aliphatic carbocycles. The molecular weight excluding hydrogens is 270 g/mol. The number of hydrogen-bond acceptors (Lipinski definition) is 3. The Labute approximate surface area is 132 Å². The molecule has 114 valence electrons. The van der Waals surface area contributed by atoms with E-state index in [0.717, 1.165) is 25.5 Å². The Balaban J connectivity index is 1.73. The Bertz CT molecular complexity index is 631. The number of rotatable bonds is 5. The summed E-state index contributed by atoms with van der Waals surface area (Å²) < 4.78 is 0. The highest BCUT2D eigenvalue weighted by molar-refractivity contribution is 5.66. The van der Waals surface area contributed by atoms with Gasteiger partial charge in [-0.3, -0.25) is 0 Å². The molecule has 3 rings (SSSR count). The SMILES string of the molecule is CCN(C[C@H]1C=C(N)NC1)c1ccc(-c2ccccc2)cc1. The average Bonchev–Trinajstić information content (AvgIpc) is 2.99. The van der Waals surface area contributed by atoms with Crippen molar-refractivity contribution in [3.63, 3.8) is 0 Å². The van der Waals surface area contributed by atoms with Gasteiger partial charge in [-0.2, -0.15) is 0 Å². The van der Waals surface area contributed by atoms with Gasteiger partial charge in [0.15, 0.2) is 0 Å². The second kappa shape index (κ2) is 6.56. The van der Waals surface area contributed by atoms with Crippen LogP contribution in [0.3, 0.4) is 0 Å². The van der Waals surface area contributed by atoms with Crippen LogP contribution in [-0.4, -0.2) is 19.6 Å². The van der Waals surface area contributed by atoms with Crippen molar-refractivity contribution in [2.45, 2.75) is 6.92 Å². The van der Waals surface area contributed by atoms with Crippen LogP contribution in [0.4, 0.5) is 5.69 Å². The first-order valence-electron chi connectivity index (χ1n) is 7.88. The van der Waals surface area contributed by atoms with Crippen LogP contribution in [0.15, 0.2) is 66.5 Å². The number of nitrogens with zero attached hydrogens (tertiary/aromatic N) is 1. The first-order chi connectivity index (χ1) is 10.8. The predicted octanol–water partition coefficient (Wildman–Crippen LogP) is 3.20. The van der Waals surface area contributed by atoms with Crippen molar-refractivity contribution in [2.75, 3.05) is 24.5 Å². The number of nitrogens with one attached hydrogen (secondary N) is 1. The molecule has 1 aliphatic heterocycles. The topological polar surface area (TPSA) is 41.3 Å². The van der Waals surface area contributed by atoms with Crippen molar-refractivity contribution in [2.24, 2.45) is 11.7 Å². The van der Waals surface area contributed by atoms with Gasteiger partial charge in [0.05, 0.1) is 5.82 Å². The van der Waals surface area contributed by atoms with Gasteiger partial charge >= 0.3 is 0 Å². The summed E-state index contributed by atoms with van der Waals surface area (Å²) in [6.07, 6.45) is 2.13. The van der Waals surface area contributed by atoms with Gasteiger partial charge in [0.1, 0.15) is 0 Å². The first kappa shape index (κ1) is 14.5. The molecule has 0 saturated heterocycles. The van der Waals surface area contributed by atoms with E-state index in [0.29, 0.717) is 5.92 Å². The molecule has 1 heterocycles. The highest BCUT2D eigenvalue weighted by Crippen LogP contribution is 2.24. The monoisotopic (exact) mass is 293 g/mol. The molecule has 0 amide bonds. The zero-order valence-electron chi connectivity index (χ0n) is 13.0. The molecule has 0 bridgehead atoms. The summed E-state index contributed by atoms with van der Waals surface area (Å²) in [4.78, 5) is 2.40. The minimum Gasteiger partial charge on any atom is -0.386 e. The number of benzene rings is 2. The fourth-order valence-corrected chi connectivity index (χ4v) is 2.93. The maximum absolute atomic E-state index is 5.80. The Morgan fingerprint density at radius 3 is 2.32 bits per heavy atom. The van der Waals surface area contributed by atoms with Crippen molar-refractivity contribution in [3.8, 4) is 11.1 Å². The molecule has 0 fully saturated rings. The van der Waals surface area contributed by atoms with Crippen LogP contribution in [0.5, 0.6) is 0 Å². The van der Waals surface area contributed by atoms with Gasteiger partial charge in [0.2, 0.25) is 0 Å². The zero-order valence-corrected chi connectivity index (χ0v) is 13.0. The van der Waals surface area contributed by atoms with Gasteiger partial charge in [-0.25, -0.2) is 0 Å². The molecule has 1 atom stereocenters. The molecule has 22 heavy (non-hydrogen) atoms. The van der Waals surface area contributed by atoms with E-state index in [1.165, 1.54) is 16.8 Å². The molecule has 3 nitrogen and oxygen atoms in total. The lowest BCUT2D eigenvalue weighted by molar-refractivity contribution is 0.624. The maximum atomic E-state index is 5.80. The average molecular weight is 293 g/mol. The lowest BCUT2D eigenvalue weighted by atomic mass is 10.0. The summed E-state index contributed by atoms with van der Waals surface area (Å²) in [6, 6.07) is 19.3. The highest BCUT2D eigenvalue weighted by Gasteiger charge is 2.16. The lowest BCUT2D eigenvalue weighted by Gasteiger charge is -2.25. The fraction of sp³-hybridized carbons (Fsp3) is 0.263. The van der Waals surface area contributed by atoms with Gasteiger partial charge in [0, 0.05) is 31.2 Å². The smallest absolute Gasteiger partial charge is 0.0923 e. The predicted molar refractivity (Wildman–Crippen MR) is 93.5 cm³/mol. The fourth-order valence-electron chi connectivity index (χ4n) is 2.93. The number of anilines is 1. The van der Waals surface area contributed by atoms with E-state index in [4.69, 9.17) is 5.73 Å². The number of nitrogens with two attached hydrogens (primary N) is 1. The van der Waals surface area contributed by atoms with E-state index in [1.54, 1.807) is 0 Å². The third kappa shape index (κ3) is 3.25. The molecule has 1 aliphatic rings. The zero-order chi connectivity index (χ0) is 15.4. The molecule has 0 aromatic heterocycles. The summed E-state index contributed by atoms with van der Waals surface area (Å²) in [7, 11) is 0. The van der Waals surface area contributed by atoms with E-state index in [1.807, 2.05) is 6.07 Å². The van der Waals surface area contributed by atoms with Crippen LogP contribution in [0, 0.1) is 5.92 Å². The summed E-state index contributed by atoms with van der Waals surface area (Å²) in [5.74, 6) is 1.29. The standard InChI is InChI=1S/C19H23N3/c1-2-22(14-15-12-19(20)21-13-15)18-10-8-17(9-11-18)16-6-4-3-5-7-16/h3-12,15,21H,2,13-14,20H2,1H3/t15-/m0/s1. The van der Waals surface area contributed by atoms with E-state index < -0.39 is 0 Å². The summed E-state index contributed by atoms with van der Waals surface area (Å²) in [5.41, 5.74) is 9.58. The van der Waals surface area contributed by atoms with Gasteiger partial charge in [0.25, 0.3) is 0 Å². The van der Waals surface area contributed by atoms with Gasteiger partial charge < -0.3 is 16.0 Å². The highest BCUT2D eigenvalue weighted by atomic mass is 15.1. The molecular formula is C19H23N3. The lowest BCUT2D eigenvalue weighted by Crippen LogP contribution is -2.30. The molecule has 0 spiro atoms. The quantitative estimate of drug-likeness (QED) is 0.889. The van der Waals surface area contributed by atoms with Crippen LogP contribution in [-0.2, 0) is 0 Å². The third-order valence-electron chi connectivity index (χ3n) is 4.16. The number of hydrogen-bond donors (Lipinski definition) is 2. The Hall–Kier alpha value is -2.42. The van der Waals surface area contributed by atoms with Crippen LogP contribution >= 0.6 is 0 Å². The molecule has 3 heteroatoms. The van der Waals surface area contributed by atoms with Gasteiger partial charge in [-0.15, -0.1) is 0 Å². The second-order valence-corrected chi connectivity index (χ2v) is 5.71. The van der Waals surface area contributed by atoms with E-state index in [-0.39, 0.29) is 0 Å².